The Morgan fingerprint density at radius 3 is 2.30 bits per heavy atom. The number of methoxy groups -OCH3 is 1. The summed E-state index contributed by atoms with van der Waals surface area (Å²) in [4.78, 5) is 2.36. The van der Waals surface area contributed by atoms with E-state index < -0.39 is 5.60 Å². The maximum absolute atomic E-state index is 12.8. The van der Waals surface area contributed by atoms with Crippen molar-refractivity contribution in [1.29, 1.82) is 0 Å². The molecule has 1 N–H and O–H groups in total. The van der Waals surface area contributed by atoms with Gasteiger partial charge in [0.1, 0.15) is 11.4 Å². The van der Waals surface area contributed by atoms with E-state index in [0.717, 1.165) is 36.2 Å². The Morgan fingerprint density at radius 2 is 1.67 bits per heavy atom. The molecule has 2 atom stereocenters. The lowest BCUT2D eigenvalue weighted by atomic mass is 9.72. The molecule has 33 heavy (non-hydrogen) atoms. The minimum Gasteiger partial charge on any atom is -0.496 e. The van der Waals surface area contributed by atoms with Crippen LogP contribution in [0.1, 0.15) is 35.1 Å². The van der Waals surface area contributed by atoms with Crippen LogP contribution in [-0.2, 0) is 16.8 Å². The first-order valence-corrected chi connectivity index (χ1v) is 11.9. The highest BCUT2D eigenvalue weighted by Gasteiger charge is 2.44. The zero-order valence-electron chi connectivity index (χ0n) is 19.3. The summed E-state index contributed by atoms with van der Waals surface area (Å²) in [6.45, 7) is 5.88. The molecule has 0 radical (unpaired) electrons. The molecule has 0 bridgehead atoms. The van der Waals surface area contributed by atoms with Crippen LogP contribution in [0.4, 0.5) is 0 Å². The molecule has 1 heterocycles. The fourth-order valence-electron chi connectivity index (χ4n) is 4.71. The Hall–Kier alpha value is -2.37. The number of rotatable bonds is 8. The van der Waals surface area contributed by atoms with Gasteiger partial charge in [-0.3, -0.25) is 4.90 Å². The van der Waals surface area contributed by atoms with E-state index >= 15 is 0 Å². The number of ether oxygens (including phenoxy) is 2. The summed E-state index contributed by atoms with van der Waals surface area (Å²) in [5, 5.41) is 13.4. The number of hydrogen-bond donors (Lipinski definition) is 1. The Kier molecular flexibility index (Phi) is 7.71. The average molecular weight is 466 g/mol. The van der Waals surface area contributed by atoms with Crippen LogP contribution in [0.2, 0.25) is 5.02 Å². The van der Waals surface area contributed by atoms with E-state index in [1.165, 1.54) is 5.56 Å². The zero-order chi connectivity index (χ0) is 23.3. The highest BCUT2D eigenvalue weighted by molar-refractivity contribution is 6.30. The van der Waals surface area contributed by atoms with Gasteiger partial charge in [-0.2, -0.15) is 0 Å². The maximum Gasteiger partial charge on any atom is 0.126 e. The van der Waals surface area contributed by atoms with E-state index in [1.807, 2.05) is 60.7 Å². The molecule has 3 aromatic carbocycles. The largest absolute Gasteiger partial charge is 0.496 e. The Labute approximate surface area is 201 Å². The van der Waals surface area contributed by atoms with Crippen LogP contribution in [0.3, 0.4) is 0 Å². The van der Waals surface area contributed by atoms with Crippen LogP contribution in [-0.4, -0.2) is 50.0 Å². The number of nitrogens with zero attached hydrogens (tertiary/aromatic N) is 1. The van der Waals surface area contributed by atoms with E-state index in [0.29, 0.717) is 30.5 Å². The van der Waals surface area contributed by atoms with Crippen molar-refractivity contribution < 1.29 is 14.6 Å². The van der Waals surface area contributed by atoms with Crippen molar-refractivity contribution in [1.82, 2.24) is 4.90 Å². The molecule has 174 valence electrons. The van der Waals surface area contributed by atoms with Gasteiger partial charge in [0.15, 0.2) is 0 Å². The number of para-hydroxylation sites is 1. The second-order valence-electron chi connectivity index (χ2n) is 8.53. The third-order valence-corrected chi connectivity index (χ3v) is 6.89. The molecule has 3 aromatic rings. The van der Waals surface area contributed by atoms with Gasteiger partial charge in [-0.05, 0) is 41.3 Å². The van der Waals surface area contributed by atoms with E-state index in [9.17, 15) is 5.11 Å². The SMILES string of the molecule is CCc1ccc([C@](O)(c2ccccc2OC)[C@@H](CN2CCOCC2)c2ccc(Cl)cc2)cc1. The summed E-state index contributed by atoms with van der Waals surface area (Å²) in [6.07, 6.45) is 0.946. The monoisotopic (exact) mass is 465 g/mol. The lowest BCUT2D eigenvalue weighted by Crippen LogP contribution is -2.45. The van der Waals surface area contributed by atoms with Crippen molar-refractivity contribution in [2.75, 3.05) is 40.0 Å². The second kappa shape index (κ2) is 10.7. The van der Waals surface area contributed by atoms with Crippen LogP contribution in [0, 0.1) is 0 Å². The molecule has 1 saturated heterocycles. The molecular weight excluding hydrogens is 434 g/mol. The number of hydrogen-bond acceptors (Lipinski definition) is 4. The summed E-state index contributed by atoms with van der Waals surface area (Å²) >= 11 is 6.23. The molecule has 1 aliphatic rings. The number of aryl methyl sites for hydroxylation is 1. The minimum atomic E-state index is -1.31. The fourth-order valence-corrected chi connectivity index (χ4v) is 4.84. The van der Waals surface area contributed by atoms with Gasteiger partial charge < -0.3 is 14.6 Å². The number of morpholine rings is 1. The van der Waals surface area contributed by atoms with Crippen LogP contribution in [0.5, 0.6) is 5.75 Å². The number of aliphatic hydroxyl groups is 1. The highest BCUT2D eigenvalue weighted by Crippen LogP contribution is 2.46. The van der Waals surface area contributed by atoms with Crippen molar-refractivity contribution in [3.63, 3.8) is 0 Å². The Balaban J connectivity index is 1.90. The molecule has 0 unspecified atom stereocenters. The lowest BCUT2D eigenvalue weighted by Gasteiger charge is -2.41. The first-order valence-electron chi connectivity index (χ1n) is 11.6. The van der Waals surface area contributed by atoms with Crippen LogP contribution >= 0.6 is 11.6 Å². The van der Waals surface area contributed by atoms with Gasteiger partial charge in [0.2, 0.25) is 0 Å². The normalized spacial score (nSPS) is 17.3. The van der Waals surface area contributed by atoms with E-state index in [2.05, 4.69) is 24.0 Å². The van der Waals surface area contributed by atoms with Crippen LogP contribution in [0.15, 0.2) is 72.8 Å². The van der Waals surface area contributed by atoms with Crippen LogP contribution < -0.4 is 4.74 Å². The first kappa shape index (κ1) is 23.8. The molecule has 5 heteroatoms. The van der Waals surface area contributed by atoms with Gasteiger partial charge >= 0.3 is 0 Å². The second-order valence-corrected chi connectivity index (χ2v) is 8.97. The molecule has 0 aromatic heterocycles. The molecule has 1 aliphatic heterocycles. The van der Waals surface area contributed by atoms with Crippen molar-refractivity contribution in [2.45, 2.75) is 24.9 Å². The van der Waals surface area contributed by atoms with E-state index in [-0.39, 0.29) is 5.92 Å². The predicted molar refractivity (Wildman–Crippen MR) is 133 cm³/mol. The molecule has 0 aliphatic carbocycles. The molecular formula is C28H32ClNO3. The zero-order valence-corrected chi connectivity index (χ0v) is 20.1. The highest BCUT2D eigenvalue weighted by atomic mass is 35.5. The van der Waals surface area contributed by atoms with Gasteiger partial charge in [-0.15, -0.1) is 0 Å². The van der Waals surface area contributed by atoms with Crippen molar-refractivity contribution >= 4 is 11.6 Å². The molecule has 4 rings (SSSR count). The summed E-state index contributed by atoms with van der Waals surface area (Å²) in [5.74, 6) is 0.414. The van der Waals surface area contributed by atoms with Gasteiger partial charge in [-0.25, -0.2) is 0 Å². The molecule has 0 saturated carbocycles. The first-order chi connectivity index (χ1) is 16.1. The fraction of sp³-hybridized carbons (Fsp3) is 0.357. The summed E-state index contributed by atoms with van der Waals surface area (Å²) in [6, 6.07) is 23.9. The summed E-state index contributed by atoms with van der Waals surface area (Å²) in [5.41, 5.74) is 2.55. The number of benzene rings is 3. The number of halogens is 1. The van der Waals surface area contributed by atoms with E-state index in [4.69, 9.17) is 21.1 Å². The summed E-state index contributed by atoms with van der Waals surface area (Å²) in [7, 11) is 1.65. The predicted octanol–water partition coefficient (Wildman–Crippen LogP) is 5.26. The maximum atomic E-state index is 12.8. The molecule has 0 amide bonds. The third-order valence-electron chi connectivity index (χ3n) is 6.64. The van der Waals surface area contributed by atoms with Crippen molar-refractivity contribution in [3.05, 3.63) is 100 Å². The molecule has 4 nitrogen and oxygen atoms in total. The van der Waals surface area contributed by atoms with Gasteiger partial charge in [0.25, 0.3) is 0 Å². The smallest absolute Gasteiger partial charge is 0.126 e. The Morgan fingerprint density at radius 1 is 1.00 bits per heavy atom. The Bertz CT molecular complexity index is 1030. The van der Waals surface area contributed by atoms with Gasteiger partial charge in [0, 0.05) is 36.1 Å². The standard InChI is InChI=1S/C28H32ClNO3/c1-3-21-8-12-23(13-9-21)28(31,25-6-4-5-7-27(25)32-2)26(20-30-16-18-33-19-17-30)22-10-14-24(29)15-11-22/h4-15,26,31H,3,16-20H2,1-2H3/t26-,28-/m0/s1. The quantitative estimate of drug-likeness (QED) is 0.492. The molecule has 1 fully saturated rings. The lowest BCUT2D eigenvalue weighted by molar-refractivity contribution is -0.000140. The van der Waals surface area contributed by atoms with Gasteiger partial charge in [0.05, 0.1) is 20.3 Å². The topological polar surface area (TPSA) is 41.9 Å². The third kappa shape index (κ3) is 5.10. The summed E-state index contributed by atoms with van der Waals surface area (Å²) < 4.78 is 11.3. The average Bonchev–Trinajstić information content (AvgIpc) is 2.88. The molecule has 0 spiro atoms. The van der Waals surface area contributed by atoms with Gasteiger partial charge in [-0.1, -0.05) is 73.1 Å². The van der Waals surface area contributed by atoms with E-state index in [1.54, 1.807) is 7.11 Å². The minimum absolute atomic E-state index is 0.253. The van der Waals surface area contributed by atoms with Crippen molar-refractivity contribution in [3.8, 4) is 5.75 Å². The van der Waals surface area contributed by atoms with Crippen LogP contribution in [0.25, 0.3) is 0 Å². The van der Waals surface area contributed by atoms with Crippen molar-refractivity contribution in [2.24, 2.45) is 0 Å².